The highest BCUT2D eigenvalue weighted by Gasteiger charge is 2.62. The van der Waals surface area contributed by atoms with E-state index in [1.54, 1.807) is 12.1 Å². The molecule has 3 aliphatic rings. The molecule has 2 bridgehead atoms. The molecular formula is C24H19Cl3N2O4. The van der Waals surface area contributed by atoms with Crippen molar-refractivity contribution in [3.63, 3.8) is 0 Å². The quantitative estimate of drug-likeness (QED) is 0.427. The molecule has 4 atom stereocenters. The zero-order chi connectivity index (χ0) is 23.4. The molecule has 2 aromatic rings. The predicted octanol–water partition coefficient (Wildman–Crippen LogP) is 4.92. The van der Waals surface area contributed by atoms with E-state index in [0.717, 1.165) is 29.3 Å². The van der Waals surface area contributed by atoms with E-state index in [0.29, 0.717) is 15.6 Å². The number of rotatable bonds is 5. The average Bonchev–Trinajstić information content (AvgIpc) is 3.46. The Hall–Kier alpha value is -2.41. The number of nitrogens with zero attached hydrogens (tertiary/aromatic N) is 2. The smallest absolute Gasteiger partial charge is 0.274 e. The zero-order valence-corrected chi connectivity index (χ0v) is 19.6. The third kappa shape index (κ3) is 3.74. The molecule has 6 nitrogen and oxygen atoms in total. The Morgan fingerprint density at radius 2 is 1.45 bits per heavy atom. The minimum atomic E-state index is -0.715. The number of hydrogen-bond donors (Lipinski definition) is 0. The summed E-state index contributed by atoms with van der Waals surface area (Å²) in [6, 6.07) is 10.5. The summed E-state index contributed by atoms with van der Waals surface area (Å²) in [4.78, 5) is 53.4. The second-order valence-corrected chi connectivity index (χ2v) is 10.1. The fraction of sp³-hybridized carbons (Fsp3) is 0.333. The van der Waals surface area contributed by atoms with Crippen LogP contribution in [0.25, 0.3) is 0 Å². The Morgan fingerprint density at radius 1 is 0.879 bits per heavy atom. The summed E-state index contributed by atoms with van der Waals surface area (Å²) in [5.41, 5.74) is 0.351. The number of hydrogen-bond acceptors (Lipinski definition) is 4. The van der Waals surface area contributed by atoms with Crippen LogP contribution in [0.15, 0.2) is 42.5 Å². The van der Waals surface area contributed by atoms with Crippen molar-refractivity contribution in [1.82, 2.24) is 10.0 Å². The van der Waals surface area contributed by atoms with Gasteiger partial charge in [0.1, 0.15) is 6.54 Å². The number of amides is 3. The first kappa shape index (κ1) is 22.4. The van der Waals surface area contributed by atoms with Gasteiger partial charge in [-0.05, 0) is 73.6 Å². The first-order valence-electron chi connectivity index (χ1n) is 10.7. The minimum absolute atomic E-state index is 0.0469. The lowest BCUT2D eigenvalue weighted by molar-refractivity contribution is -0.154. The summed E-state index contributed by atoms with van der Waals surface area (Å²) in [6.45, 7) is -0.494. The average molecular weight is 506 g/mol. The summed E-state index contributed by atoms with van der Waals surface area (Å²) in [5, 5.41) is 2.69. The van der Waals surface area contributed by atoms with Crippen LogP contribution in [0.5, 0.6) is 0 Å². The number of ketones is 1. The van der Waals surface area contributed by atoms with E-state index in [2.05, 4.69) is 0 Å². The molecule has 0 N–H and O–H groups in total. The molecule has 0 radical (unpaired) electrons. The number of Topliss-reactive ketones (excluding diaryl/α,β-unsaturated/α-hetero) is 1. The third-order valence-corrected chi connectivity index (χ3v) is 7.80. The molecule has 3 fully saturated rings. The van der Waals surface area contributed by atoms with Gasteiger partial charge in [-0.25, -0.2) is 5.01 Å². The van der Waals surface area contributed by atoms with Crippen LogP contribution in [0.4, 0.5) is 0 Å². The van der Waals surface area contributed by atoms with Crippen molar-refractivity contribution in [2.75, 3.05) is 6.54 Å². The van der Waals surface area contributed by atoms with Crippen LogP contribution in [-0.2, 0) is 9.59 Å². The maximum Gasteiger partial charge on any atom is 0.274 e. The molecule has 170 valence electrons. The SMILES string of the molecule is O=C(CN(C(=O)c1ccc(Cl)cc1Cl)N1C(=O)[C@@H]2[C@H]3CC[C@@H](C3)[C@@H]2C1=O)c1ccc(Cl)cc1. The second kappa shape index (κ2) is 8.42. The Labute approximate surface area is 205 Å². The number of halogens is 3. The van der Waals surface area contributed by atoms with E-state index in [1.165, 1.54) is 30.3 Å². The van der Waals surface area contributed by atoms with Gasteiger partial charge in [0.15, 0.2) is 5.78 Å². The Balaban J connectivity index is 1.52. The van der Waals surface area contributed by atoms with E-state index < -0.39 is 41.9 Å². The van der Waals surface area contributed by atoms with E-state index in [4.69, 9.17) is 34.8 Å². The molecule has 2 aromatic carbocycles. The molecule has 2 aliphatic carbocycles. The van der Waals surface area contributed by atoms with Gasteiger partial charge in [-0.15, -0.1) is 0 Å². The highest BCUT2D eigenvalue weighted by Crippen LogP contribution is 2.56. The summed E-state index contributed by atoms with van der Waals surface area (Å²) < 4.78 is 0. The largest absolute Gasteiger partial charge is 0.292 e. The van der Waals surface area contributed by atoms with Crippen LogP contribution in [0.1, 0.15) is 40.0 Å². The monoisotopic (exact) mass is 504 g/mol. The van der Waals surface area contributed by atoms with Gasteiger partial charge in [0.05, 0.1) is 22.4 Å². The van der Waals surface area contributed by atoms with Gasteiger partial charge in [-0.2, -0.15) is 5.01 Å². The first-order valence-corrected chi connectivity index (χ1v) is 11.8. The Kier molecular flexibility index (Phi) is 5.71. The maximum absolute atomic E-state index is 13.6. The van der Waals surface area contributed by atoms with Gasteiger partial charge >= 0.3 is 0 Å². The molecular weight excluding hydrogens is 487 g/mol. The summed E-state index contributed by atoms with van der Waals surface area (Å²) in [5.74, 6) is -2.57. The van der Waals surface area contributed by atoms with E-state index in [9.17, 15) is 19.2 Å². The van der Waals surface area contributed by atoms with Crippen LogP contribution in [0.3, 0.4) is 0 Å². The van der Waals surface area contributed by atoms with Gasteiger partial charge in [-0.3, -0.25) is 19.2 Å². The van der Waals surface area contributed by atoms with E-state index in [1.807, 2.05) is 0 Å². The fourth-order valence-corrected chi connectivity index (χ4v) is 6.14. The number of carbonyl (C=O) groups is 4. The molecule has 0 spiro atoms. The number of fused-ring (bicyclic) bond motifs is 5. The molecule has 9 heteroatoms. The lowest BCUT2D eigenvalue weighted by Crippen LogP contribution is -2.52. The molecule has 33 heavy (non-hydrogen) atoms. The first-order chi connectivity index (χ1) is 15.8. The minimum Gasteiger partial charge on any atom is -0.292 e. The van der Waals surface area contributed by atoms with E-state index in [-0.39, 0.29) is 22.4 Å². The predicted molar refractivity (Wildman–Crippen MR) is 123 cm³/mol. The lowest BCUT2D eigenvalue weighted by Gasteiger charge is -2.31. The maximum atomic E-state index is 13.6. The molecule has 0 aromatic heterocycles. The number of carbonyl (C=O) groups excluding carboxylic acids is 4. The third-order valence-electron chi connectivity index (χ3n) is 7.00. The van der Waals surface area contributed by atoms with Crippen LogP contribution >= 0.6 is 34.8 Å². The summed E-state index contributed by atoms with van der Waals surface area (Å²) in [6.07, 6.45) is 2.67. The molecule has 0 unspecified atom stereocenters. The number of benzene rings is 2. The van der Waals surface area contributed by atoms with Crippen molar-refractivity contribution in [2.24, 2.45) is 23.7 Å². The van der Waals surface area contributed by atoms with Crippen molar-refractivity contribution in [2.45, 2.75) is 19.3 Å². The molecule has 3 amide bonds. The lowest BCUT2D eigenvalue weighted by atomic mass is 9.81. The normalized spacial score (nSPS) is 25.5. The summed E-state index contributed by atoms with van der Waals surface area (Å²) in [7, 11) is 0. The summed E-state index contributed by atoms with van der Waals surface area (Å²) >= 11 is 18.1. The van der Waals surface area contributed by atoms with Gasteiger partial charge in [-0.1, -0.05) is 34.8 Å². The van der Waals surface area contributed by atoms with Gasteiger partial charge in [0.2, 0.25) is 0 Å². The Morgan fingerprint density at radius 3 is 2.03 bits per heavy atom. The van der Waals surface area contributed by atoms with Crippen molar-refractivity contribution in [3.05, 3.63) is 68.7 Å². The van der Waals surface area contributed by atoms with Crippen LogP contribution in [0, 0.1) is 23.7 Å². The fourth-order valence-electron chi connectivity index (χ4n) is 5.53. The molecule has 2 saturated carbocycles. The van der Waals surface area contributed by atoms with Gasteiger partial charge in [0.25, 0.3) is 17.7 Å². The van der Waals surface area contributed by atoms with E-state index >= 15 is 0 Å². The van der Waals surface area contributed by atoms with Crippen molar-refractivity contribution < 1.29 is 19.2 Å². The molecule has 1 saturated heterocycles. The van der Waals surface area contributed by atoms with Crippen molar-refractivity contribution in [1.29, 1.82) is 0 Å². The van der Waals surface area contributed by atoms with Crippen molar-refractivity contribution in [3.8, 4) is 0 Å². The van der Waals surface area contributed by atoms with Crippen LogP contribution in [-0.4, -0.2) is 40.1 Å². The molecule has 5 rings (SSSR count). The molecule has 1 aliphatic heterocycles. The Bertz CT molecular complexity index is 1150. The highest BCUT2D eigenvalue weighted by molar-refractivity contribution is 6.36. The van der Waals surface area contributed by atoms with Crippen LogP contribution in [0.2, 0.25) is 15.1 Å². The van der Waals surface area contributed by atoms with Gasteiger partial charge in [0, 0.05) is 15.6 Å². The topological polar surface area (TPSA) is 74.8 Å². The second-order valence-electron chi connectivity index (χ2n) is 8.79. The standard InChI is InChI=1S/C24H19Cl3N2O4/c25-15-5-3-12(4-6-15)19(30)11-28(22(31)17-8-7-16(26)10-18(17)27)29-23(32)20-13-1-2-14(9-13)21(20)24(29)33/h3-8,10,13-14,20-21H,1-2,9,11H2/t13-,14-,20-,21+/m0/s1. The number of imide groups is 1. The van der Waals surface area contributed by atoms with Gasteiger partial charge < -0.3 is 0 Å². The van der Waals surface area contributed by atoms with Crippen LogP contribution < -0.4 is 0 Å². The highest BCUT2D eigenvalue weighted by atomic mass is 35.5. The number of hydrazine groups is 1. The zero-order valence-electron chi connectivity index (χ0n) is 17.3. The molecule has 1 heterocycles. The van der Waals surface area contributed by atoms with Crippen molar-refractivity contribution >= 4 is 58.3 Å².